The number of likely N-dealkylation sites (tertiary alicyclic amines) is 1. The molecule has 1 atom stereocenters. The predicted octanol–water partition coefficient (Wildman–Crippen LogP) is 3.70. The second-order valence-corrected chi connectivity index (χ2v) is 8.70. The topological polar surface area (TPSA) is 55.2 Å². The normalized spacial score (nSPS) is 15.4. The van der Waals surface area contributed by atoms with Crippen LogP contribution < -0.4 is 5.56 Å². The van der Waals surface area contributed by atoms with Crippen LogP contribution in [0.5, 0.6) is 0 Å². The molecule has 7 heteroatoms. The molecule has 29 heavy (non-hydrogen) atoms. The quantitative estimate of drug-likeness (QED) is 0.531. The average Bonchev–Trinajstić information content (AvgIpc) is 2.74. The summed E-state index contributed by atoms with van der Waals surface area (Å²) in [5.41, 5.74) is 1.99. The number of carbonyl (C=O) groups is 1. The average molecular weight is 418 g/mol. The molecule has 1 aliphatic heterocycles. The van der Waals surface area contributed by atoms with Gasteiger partial charge in [0.05, 0.1) is 5.25 Å². The smallest absolute Gasteiger partial charge is 0.257 e. The van der Waals surface area contributed by atoms with E-state index in [4.69, 9.17) is 0 Å². The van der Waals surface area contributed by atoms with E-state index in [2.05, 4.69) is 4.98 Å². The molecule has 1 fully saturated rings. The van der Waals surface area contributed by atoms with Gasteiger partial charge in [-0.2, -0.15) is 0 Å². The molecule has 0 spiro atoms. The minimum absolute atomic E-state index is 0.121. The van der Waals surface area contributed by atoms with Gasteiger partial charge in [-0.05, 0) is 50.3 Å². The second kappa shape index (κ2) is 9.57. The lowest BCUT2D eigenvalue weighted by Gasteiger charge is -2.30. The molecule has 0 saturated carbocycles. The van der Waals surface area contributed by atoms with E-state index >= 15 is 0 Å². The number of thioether (sulfide) groups is 1. The molecule has 1 aromatic carbocycles. The molecule has 0 N–H and O–H groups in total. The maximum Gasteiger partial charge on any atom is 0.257 e. The summed E-state index contributed by atoms with van der Waals surface area (Å²) in [5, 5.41) is 0.320. The van der Waals surface area contributed by atoms with Crippen LogP contribution in [0.15, 0.2) is 34.2 Å². The van der Waals surface area contributed by atoms with E-state index in [1.54, 1.807) is 19.2 Å². The molecule has 3 rings (SSSR count). The number of amides is 1. The first-order valence-corrected chi connectivity index (χ1v) is 11.0. The molecular weight excluding hydrogens is 389 g/mol. The Labute approximate surface area is 175 Å². The highest BCUT2D eigenvalue weighted by Gasteiger charge is 2.27. The summed E-state index contributed by atoms with van der Waals surface area (Å²) >= 11 is 1.37. The molecule has 1 amide bonds. The lowest BCUT2D eigenvalue weighted by atomic mass is 10.1. The third kappa shape index (κ3) is 5.07. The number of aryl methyl sites for hydroxylation is 1. The molecule has 0 bridgehead atoms. The SMILES string of the molecule is CCC(Sc1nc(C)c(Cc2ccc(F)cc2)c(=O)n1C)C(=O)N1CCCCC1. The number of hydrogen-bond acceptors (Lipinski definition) is 4. The van der Waals surface area contributed by atoms with Crippen LogP contribution in [-0.4, -0.2) is 38.7 Å². The van der Waals surface area contributed by atoms with Crippen LogP contribution in [0.4, 0.5) is 4.39 Å². The predicted molar refractivity (Wildman–Crippen MR) is 114 cm³/mol. The van der Waals surface area contributed by atoms with Gasteiger partial charge in [-0.25, -0.2) is 9.37 Å². The number of piperidine rings is 1. The third-order valence-corrected chi connectivity index (χ3v) is 6.80. The van der Waals surface area contributed by atoms with Crippen LogP contribution in [-0.2, 0) is 18.3 Å². The van der Waals surface area contributed by atoms with Crippen molar-refractivity contribution in [3.05, 3.63) is 57.3 Å². The van der Waals surface area contributed by atoms with E-state index in [1.165, 1.54) is 34.9 Å². The second-order valence-electron chi connectivity index (χ2n) is 7.53. The van der Waals surface area contributed by atoms with Gasteiger partial charge in [0.1, 0.15) is 5.82 Å². The summed E-state index contributed by atoms with van der Waals surface area (Å²) in [4.78, 5) is 32.5. The Hall–Kier alpha value is -2.15. The van der Waals surface area contributed by atoms with Crippen molar-refractivity contribution in [3.8, 4) is 0 Å². The molecule has 2 heterocycles. The zero-order valence-corrected chi connectivity index (χ0v) is 18.1. The fourth-order valence-corrected chi connectivity index (χ4v) is 4.70. The minimum atomic E-state index is -0.299. The number of aromatic nitrogens is 2. The molecule has 0 radical (unpaired) electrons. The number of benzene rings is 1. The van der Waals surface area contributed by atoms with Gasteiger partial charge in [-0.15, -0.1) is 0 Å². The van der Waals surface area contributed by atoms with Gasteiger partial charge >= 0.3 is 0 Å². The Kier molecular flexibility index (Phi) is 7.11. The van der Waals surface area contributed by atoms with Crippen molar-refractivity contribution in [3.63, 3.8) is 0 Å². The number of nitrogens with zero attached hydrogens (tertiary/aromatic N) is 3. The van der Waals surface area contributed by atoms with Crippen molar-refractivity contribution in [1.29, 1.82) is 0 Å². The number of hydrogen-bond donors (Lipinski definition) is 0. The third-order valence-electron chi connectivity index (χ3n) is 5.41. The molecule has 156 valence electrons. The van der Waals surface area contributed by atoms with Crippen LogP contribution in [0.2, 0.25) is 0 Å². The first-order chi connectivity index (χ1) is 13.9. The lowest BCUT2D eigenvalue weighted by molar-refractivity contribution is -0.131. The number of carbonyl (C=O) groups excluding carboxylic acids is 1. The van der Waals surface area contributed by atoms with Gasteiger partial charge in [-0.3, -0.25) is 14.2 Å². The summed E-state index contributed by atoms with van der Waals surface area (Å²) < 4.78 is 14.7. The van der Waals surface area contributed by atoms with Crippen LogP contribution >= 0.6 is 11.8 Å². The summed E-state index contributed by atoms with van der Waals surface area (Å²) in [5.74, 6) is -0.160. The molecule has 2 aromatic rings. The minimum Gasteiger partial charge on any atom is -0.342 e. The Bertz CT molecular complexity index is 921. The fraction of sp³-hybridized carbons (Fsp3) is 0.500. The summed E-state index contributed by atoms with van der Waals surface area (Å²) in [6.45, 7) is 5.45. The Morgan fingerprint density at radius 3 is 2.48 bits per heavy atom. The highest BCUT2D eigenvalue weighted by atomic mass is 32.2. The van der Waals surface area contributed by atoms with E-state index in [-0.39, 0.29) is 22.5 Å². The Morgan fingerprint density at radius 2 is 1.86 bits per heavy atom. The van der Waals surface area contributed by atoms with Gasteiger partial charge < -0.3 is 4.90 Å². The van der Waals surface area contributed by atoms with Crippen molar-refractivity contribution in [2.75, 3.05) is 13.1 Å². The van der Waals surface area contributed by atoms with Crippen LogP contribution in [0.25, 0.3) is 0 Å². The zero-order valence-electron chi connectivity index (χ0n) is 17.3. The first-order valence-electron chi connectivity index (χ1n) is 10.2. The molecule has 1 aliphatic rings. The van der Waals surface area contributed by atoms with Crippen molar-refractivity contribution in [1.82, 2.24) is 14.5 Å². The summed E-state index contributed by atoms with van der Waals surface area (Å²) in [6.07, 6.45) is 4.38. The highest BCUT2D eigenvalue weighted by Crippen LogP contribution is 2.26. The molecule has 5 nitrogen and oxygen atoms in total. The fourth-order valence-electron chi connectivity index (χ4n) is 3.60. The molecule has 1 unspecified atom stereocenters. The van der Waals surface area contributed by atoms with Gasteiger partial charge in [0.25, 0.3) is 5.56 Å². The zero-order chi connectivity index (χ0) is 21.0. The van der Waals surface area contributed by atoms with Crippen molar-refractivity contribution < 1.29 is 9.18 Å². The first kappa shape index (κ1) is 21.6. The standard InChI is InChI=1S/C22H28FN3O2S/c1-4-19(21(28)26-12-6-5-7-13-26)29-22-24-15(2)18(20(27)25(22)3)14-16-8-10-17(23)11-9-16/h8-11,19H,4-7,12-14H2,1-3H3. The number of halogens is 1. The highest BCUT2D eigenvalue weighted by molar-refractivity contribution is 8.00. The Balaban J connectivity index is 1.81. The van der Waals surface area contributed by atoms with E-state index in [9.17, 15) is 14.0 Å². The molecular formula is C22H28FN3O2S. The van der Waals surface area contributed by atoms with E-state index in [0.717, 1.165) is 31.5 Å². The van der Waals surface area contributed by atoms with Crippen molar-refractivity contribution in [2.24, 2.45) is 7.05 Å². The van der Waals surface area contributed by atoms with Crippen LogP contribution in [0.3, 0.4) is 0 Å². The largest absolute Gasteiger partial charge is 0.342 e. The molecule has 1 aromatic heterocycles. The van der Waals surface area contributed by atoms with Gasteiger partial charge in [0.15, 0.2) is 5.16 Å². The van der Waals surface area contributed by atoms with Gasteiger partial charge in [-0.1, -0.05) is 30.8 Å². The van der Waals surface area contributed by atoms with E-state index in [1.807, 2.05) is 18.7 Å². The summed E-state index contributed by atoms with van der Waals surface area (Å²) in [6, 6.07) is 6.15. The molecule has 1 saturated heterocycles. The van der Waals surface area contributed by atoms with E-state index < -0.39 is 0 Å². The maximum atomic E-state index is 13.1. The van der Waals surface area contributed by atoms with Crippen molar-refractivity contribution in [2.45, 2.75) is 56.4 Å². The lowest BCUT2D eigenvalue weighted by Crippen LogP contribution is -2.41. The monoisotopic (exact) mass is 417 g/mol. The van der Waals surface area contributed by atoms with Crippen LogP contribution in [0.1, 0.15) is 49.4 Å². The maximum absolute atomic E-state index is 13.1. The van der Waals surface area contributed by atoms with Crippen molar-refractivity contribution >= 4 is 17.7 Å². The van der Waals surface area contributed by atoms with Gasteiger partial charge in [0, 0.05) is 37.8 Å². The van der Waals surface area contributed by atoms with Gasteiger partial charge in [0.2, 0.25) is 5.91 Å². The molecule has 0 aliphatic carbocycles. The van der Waals surface area contributed by atoms with E-state index in [0.29, 0.717) is 29.3 Å². The van der Waals surface area contributed by atoms with Crippen LogP contribution in [0, 0.1) is 12.7 Å². The Morgan fingerprint density at radius 1 is 1.21 bits per heavy atom. The summed E-state index contributed by atoms with van der Waals surface area (Å²) in [7, 11) is 1.70. The number of rotatable bonds is 6.